The predicted octanol–water partition coefficient (Wildman–Crippen LogP) is 27.1. The normalized spacial score (nSPS) is 30.4. The topological polar surface area (TPSA) is 164 Å². The number of halogens is 14. The minimum Gasteiger partial charge on any atom is -0.508 e. The number of rotatable bonds is 2. The van der Waals surface area contributed by atoms with E-state index in [9.17, 15) is 19.1 Å². The van der Waals surface area contributed by atoms with Crippen molar-refractivity contribution >= 4 is 184 Å². The maximum Gasteiger partial charge on any atom is 0.410 e. The van der Waals surface area contributed by atoms with Crippen molar-refractivity contribution in [3.63, 3.8) is 0 Å². The smallest absolute Gasteiger partial charge is 0.410 e. The Morgan fingerprint density at radius 3 is 1.03 bits per heavy atom. The van der Waals surface area contributed by atoms with Crippen LogP contribution in [0.2, 0.25) is 0 Å². The van der Waals surface area contributed by atoms with Crippen molar-refractivity contribution in [3.8, 4) is 5.75 Å². The number of piperidine rings is 5. The van der Waals surface area contributed by atoms with E-state index >= 15 is 0 Å². The molecule has 10 bridgehead atoms. The average Bonchev–Trinajstić information content (AvgIpc) is 0.697. The predicted molar refractivity (Wildman–Crippen MR) is 535 cm³/mol. The molecule has 10 fully saturated rings. The van der Waals surface area contributed by atoms with Crippen molar-refractivity contribution in [3.05, 3.63) is 169 Å². The SMILES string of the molecule is Br.BrB(Br)Br.CCOC(=O)N1CC[C@@]23CCCC[C@@H]2[C@@H]1Cc1ccc(C)cc13.CCOC(=O)N1CC[C@@]23CCCC[C@@H]2[C@@H]1Cc1ccc(O)cc13.Cc1ccc2c(c1)[C@]13CCCC[C@@H]1[C@H](C2)N(C)CC3.Cc1ccc2c(c1)[C@]13CCCC[C@@H]1[C@H](C2)N(C)CC3.Cc1ccc2c(c1)[C@]13CCCC[C@@H]1[C@H](C2)NCC3.ClC(Cl)Cl.ClC(Cl)Cl.ClC(Cl)Cl.N.O.[2H]CF. The number of alkyl halides is 10. The average molecular weight is 2140 g/mol. The molecule has 5 heterocycles. The summed E-state index contributed by atoms with van der Waals surface area (Å²) < 4.78 is 24.2. The second kappa shape index (κ2) is 48.6. The molecule has 0 spiro atoms. The Kier molecular flexibility index (Phi) is 41.7. The first kappa shape index (κ1) is 105. The summed E-state index contributed by atoms with van der Waals surface area (Å²) in [7, 11) is 3.70. The van der Waals surface area contributed by atoms with Gasteiger partial charge in [-0.3, -0.25) is 4.39 Å². The van der Waals surface area contributed by atoms with Crippen LogP contribution < -0.4 is 11.5 Å². The molecule has 2 amide bonds. The maximum atomic E-state index is 12.4. The van der Waals surface area contributed by atoms with Gasteiger partial charge < -0.3 is 51.1 Å². The van der Waals surface area contributed by atoms with E-state index in [0.29, 0.717) is 58.5 Å². The van der Waals surface area contributed by atoms with Crippen LogP contribution in [0.15, 0.2) is 91.0 Å². The van der Waals surface area contributed by atoms with E-state index < -0.39 is 20.0 Å². The van der Waals surface area contributed by atoms with Gasteiger partial charge in [-0.15, -0.1) is 64.3 Å². The van der Waals surface area contributed by atoms with Gasteiger partial charge in [-0.25, -0.2) is 9.59 Å². The lowest BCUT2D eigenvalue weighted by atomic mass is 9.52. The number of hydrogen-bond donors (Lipinski definition) is 3. The van der Waals surface area contributed by atoms with Crippen LogP contribution in [-0.2, 0) is 68.7 Å². The van der Waals surface area contributed by atoms with Crippen molar-refractivity contribution < 1.29 is 35.4 Å². The fourth-order valence-corrected chi connectivity index (χ4v) is 26.6. The number of nitrogens with one attached hydrogen (secondary N) is 1. The molecular weight excluding hydrogens is 2000 g/mol. The molecule has 0 radical (unpaired) electrons. The van der Waals surface area contributed by atoms with Crippen molar-refractivity contribution in [1.29, 1.82) is 0 Å². The van der Waals surface area contributed by atoms with Gasteiger partial charge in [0, 0.05) is 70.4 Å². The van der Waals surface area contributed by atoms with Crippen LogP contribution in [0.1, 0.15) is 254 Å². The van der Waals surface area contributed by atoms with Gasteiger partial charge in [0.15, 0.2) is 12.9 Å². The molecule has 5 aromatic carbocycles. The Morgan fingerprint density at radius 1 is 0.455 bits per heavy atom. The molecule has 5 aromatic rings. The summed E-state index contributed by atoms with van der Waals surface area (Å²) in [5.74, 6) is 4.25. The minimum atomic E-state index is -1.00. The molecule has 688 valence electrons. The van der Waals surface area contributed by atoms with Gasteiger partial charge in [0.1, 0.15) is 5.75 Å². The highest BCUT2D eigenvalue weighted by molar-refractivity contribution is 9.69. The zero-order valence-corrected chi connectivity index (χ0v) is 86.8. The third-order valence-corrected chi connectivity index (χ3v) is 31.2. The van der Waals surface area contributed by atoms with E-state index in [1.165, 1.54) is 226 Å². The van der Waals surface area contributed by atoms with E-state index in [4.69, 9.17) is 115 Å². The van der Waals surface area contributed by atoms with E-state index in [2.05, 4.69) is 183 Å². The van der Waals surface area contributed by atoms with Crippen LogP contribution >= 0.6 is 169 Å². The molecule has 5 aliphatic heterocycles. The first-order chi connectivity index (χ1) is 57.9. The molecule has 7 N–H and O–H groups in total. The van der Waals surface area contributed by atoms with Crippen LogP contribution in [0.4, 0.5) is 14.0 Å². The minimum absolute atomic E-state index is 0. The van der Waals surface area contributed by atoms with Crippen molar-refractivity contribution in [2.24, 2.45) is 29.6 Å². The molecule has 10 aliphatic carbocycles. The van der Waals surface area contributed by atoms with Crippen molar-refractivity contribution in [2.45, 2.75) is 304 Å². The highest BCUT2D eigenvalue weighted by Crippen LogP contribution is 2.61. The van der Waals surface area contributed by atoms with Crippen molar-refractivity contribution in [2.75, 3.05) is 67.2 Å². The van der Waals surface area contributed by atoms with Gasteiger partial charge in [0.05, 0.1) is 21.7 Å². The van der Waals surface area contributed by atoms with Crippen LogP contribution in [0.5, 0.6) is 5.75 Å². The molecular formula is C96H137BBr4Cl9FN6O6. The summed E-state index contributed by atoms with van der Waals surface area (Å²) in [5.41, 5.74) is 23.7. The van der Waals surface area contributed by atoms with Crippen LogP contribution in [-0.4, -0.2) is 156 Å². The zero-order chi connectivity index (χ0) is 87.3. The Bertz CT molecular complexity index is 4000. The van der Waals surface area contributed by atoms with Gasteiger partial charge in [-0.2, -0.15) is 0 Å². The third kappa shape index (κ3) is 24.3. The summed E-state index contributed by atoms with van der Waals surface area (Å²) in [6.07, 6.45) is 39.1. The van der Waals surface area contributed by atoms with Crippen LogP contribution in [0.25, 0.3) is 0 Å². The summed E-state index contributed by atoms with van der Waals surface area (Å²) in [6, 6.07) is 37.5. The summed E-state index contributed by atoms with van der Waals surface area (Å²) >= 11 is 52.6. The molecule has 12 nitrogen and oxygen atoms in total. The molecule has 0 unspecified atom stereocenters. The standard InChI is InChI=1S/C20H27NO2.C19H25NO3.2C18H25N.C17H23N.3CHCl3.CH3F.BBr3.BrH.H3N.H2O/c1-3-23-19(22)21-11-10-20-9-5-4-6-16(20)18(21)13-15-8-7-14(2)12-17(15)20;1-2-23-18(22)20-10-9-19-8-4-3-5-15(19)17(20)11-13-6-7-14(21)12-16(13)19;2*1-13-6-7-14-12-17-15-5-3-4-8-18(15,16(14)11-13)9-10-19(17)2;1-12-5-6-13-11-16-14-4-2-3-7-17(14,8-9-18-16)15(13)10-12;3*2-1(3)4;1-2;2-1(3)4;;;/h7-8,12,16,18H,3-6,9-11,13H2,1-2H3;6-7,12,15,17,21H,2-5,8-11H2,1H3;2*6-7,11,15,17H,3-5,8-10,12H2,1-2H3;5-6,10,14,16,18H,2-4,7-9,11H2,1H3;3*1H;1H3;;1H;1H3;1H2/t16-,18+,20+;15-,17+,19+;2*15-,17+,18+;14-,16+,17+;;;;;;;;/m11111......../s1/i;;;;;;;;1D;;;;. The number of carbonyl (C=O) groups excluding carboxylic acids is 2. The summed E-state index contributed by atoms with van der Waals surface area (Å²) in [6.45, 7) is 19.1. The largest absolute Gasteiger partial charge is 0.508 e. The highest BCUT2D eigenvalue weighted by atomic mass is 79.9. The van der Waals surface area contributed by atoms with Crippen LogP contribution in [0.3, 0.4) is 0 Å². The number of amides is 2. The zero-order valence-electron chi connectivity index (χ0n) is 74.5. The molecule has 5 saturated carbocycles. The number of ether oxygens (including phenoxy) is 2. The van der Waals surface area contributed by atoms with E-state index in [0.717, 1.165) is 74.7 Å². The number of phenols is 1. The number of likely N-dealkylation sites (N-methyl/N-ethyl adjacent to an activating group) is 2. The number of nitrogens with zero attached hydrogens (tertiary/aromatic N) is 4. The molecule has 5 saturated heterocycles. The number of carbonyl (C=O) groups is 2. The second-order valence-corrected chi connectivity index (χ2v) is 49.2. The number of fused-ring (bicyclic) bond motifs is 5. The molecule has 15 aliphatic rings. The Labute approximate surface area is 818 Å². The first-order valence-corrected chi connectivity index (χ1v) is 51.3. The van der Waals surface area contributed by atoms with Gasteiger partial charge in [-0.05, 0) is 301 Å². The number of likely N-dealkylation sites (tertiary alicyclic amines) is 4. The molecule has 0 aromatic heterocycles. The quantitative estimate of drug-likeness (QED) is 0.115. The lowest BCUT2D eigenvalue weighted by molar-refractivity contribution is -0.0113. The number of aryl methyl sites for hydroxylation is 4. The fourth-order valence-electron chi connectivity index (χ4n) is 26.6. The molecule has 15 atom stereocenters. The molecule has 20 rings (SSSR count). The lowest BCUT2D eigenvalue weighted by Crippen LogP contribution is -2.62. The number of aromatic hydroxyl groups is 1. The van der Waals surface area contributed by atoms with Crippen LogP contribution in [0, 0.1) is 57.3 Å². The number of hydrogen-bond acceptors (Lipinski definition) is 9. The van der Waals surface area contributed by atoms with E-state index in [-0.39, 0.29) is 55.4 Å². The third-order valence-electron chi connectivity index (χ3n) is 31.2. The van der Waals surface area contributed by atoms with E-state index in [1.54, 1.807) is 45.0 Å². The van der Waals surface area contributed by atoms with Gasteiger partial charge in [-0.1, -0.05) is 270 Å². The molecule has 27 heteroatoms. The fraction of sp³-hybridized carbons (Fsp3) is 0.667. The second-order valence-electron chi connectivity index (χ2n) is 36.9. The van der Waals surface area contributed by atoms with Gasteiger partial charge in [0.2, 0.25) is 0 Å². The maximum absolute atomic E-state index is 12.4. The van der Waals surface area contributed by atoms with Gasteiger partial charge >= 0.3 is 15.4 Å². The summed E-state index contributed by atoms with van der Waals surface area (Å²) in [5, 5.41) is 13.8. The lowest BCUT2D eigenvalue weighted by Gasteiger charge is -2.58. The molecule has 123 heavy (non-hydrogen) atoms. The Balaban J connectivity index is 0.000000182. The van der Waals surface area contributed by atoms with Crippen molar-refractivity contribution in [1.82, 2.24) is 31.1 Å². The Morgan fingerprint density at radius 2 is 0.715 bits per heavy atom. The Hall–Kier alpha value is -1.24. The van der Waals surface area contributed by atoms with E-state index in [1.807, 2.05) is 29.7 Å². The monoisotopic (exact) mass is 2130 g/mol. The number of benzene rings is 5. The number of phenolic OH excluding ortho intramolecular Hbond substituents is 1. The highest BCUT2D eigenvalue weighted by Gasteiger charge is 2.59. The summed E-state index contributed by atoms with van der Waals surface area (Å²) in [4.78, 5) is 34.2. The van der Waals surface area contributed by atoms with Gasteiger partial charge in [0.25, 0.3) is 0 Å². The first-order valence-electron chi connectivity index (χ1n) is 45.3.